The van der Waals surface area contributed by atoms with Gasteiger partial charge < -0.3 is 14.5 Å². The van der Waals surface area contributed by atoms with Gasteiger partial charge in [0.25, 0.3) is 0 Å². The van der Waals surface area contributed by atoms with Crippen molar-refractivity contribution in [2.24, 2.45) is 5.41 Å². The lowest BCUT2D eigenvalue weighted by Gasteiger charge is -2.19. The topological polar surface area (TPSA) is 66.8 Å². The second-order valence-corrected chi connectivity index (χ2v) is 5.43. The van der Waals surface area contributed by atoms with Crippen LogP contribution in [0.15, 0.2) is 0 Å². The normalized spacial score (nSPS) is 17.9. The van der Waals surface area contributed by atoms with Gasteiger partial charge in [-0.3, -0.25) is 4.57 Å². The van der Waals surface area contributed by atoms with E-state index in [1.54, 1.807) is 0 Å². The molecule has 0 spiro atoms. The molecule has 0 rings (SSSR count). The summed E-state index contributed by atoms with van der Waals surface area (Å²) in [6.07, 6.45) is -0.816. The summed E-state index contributed by atoms with van der Waals surface area (Å²) in [5.41, 5.74) is -0.159. The van der Waals surface area contributed by atoms with Gasteiger partial charge in [-0.25, -0.2) is 0 Å². The summed E-state index contributed by atoms with van der Waals surface area (Å²) in [5.74, 6) is 0. The molecule has 11 heavy (non-hydrogen) atoms. The molecular weight excluding hydrogens is 167 g/mol. The van der Waals surface area contributed by atoms with Gasteiger partial charge in [-0.05, 0) is 5.41 Å². The highest BCUT2D eigenvalue weighted by atomic mass is 31.2. The van der Waals surface area contributed by atoms with Crippen LogP contribution in [0.4, 0.5) is 0 Å². The van der Waals surface area contributed by atoms with Crippen molar-refractivity contribution in [3.05, 3.63) is 0 Å². The van der Waals surface area contributed by atoms with Gasteiger partial charge in [0.2, 0.25) is 0 Å². The Morgan fingerprint density at radius 2 is 1.91 bits per heavy atom. The lowest BCUT2D eigenvalue weighted by atomic mass is 9.99. The second-order valence-electron chi connectivity index (χ2n) is 3.61. The molecule has 0 aromatic rings. The van der Waals surface area contributed by atoms with Gasteiger partial charge in [-0.1, -0.05) is 20.8 Å². The van der Waals surface area contributed by atoms with Gasteiger partial charge in [-0.2, -0.15) is 0 Å². The smallest absolute Gasteiger partial charge is 0.353 e. The minimum absolute atomic E-state index is 0.159. The molecule has 0 bridgehead atoms. The quantitative estimate of drug-likeness (QED) is 0.643. The number of hydrogen-bond donors (Lipinski definition) is 2. The molecule has 0 saturated carbocycles. The summed E-state index contributed by atoms with van der Waals surface area (Å²) < 4.78 is 15.3. The predicted octanol–water partition coefficient (Wildman–Crippen LogP) is 1.18. The third-order valence-electron chi connectivity index (χ3n) is 0.878. The van der Waals surface area contributed by atoms with Crippen LogP contribution >= 0.6 is 7.60 Å². The van der Waals surface area contributed by atoms with E-state index >= 15 is 0 Å². The lowest BCUT2D eigenvalue weighted by Crippen LogP contribution is -2.14. The molecule has 0 fully saturated rings. The fraction of sp³-hybridized carbons (Fsp3) is 1.00. The lowest BCUT2D eigenvalue weighted by molar-refractivity contribution is 0.160. The SMILES string of the molecule is CC(C)(C)COP(=O)(O)CO. The summed E-state index contributed by atoms with van der Waals surface area (Å²) in [6, 6.07) is 0. The van der Waals surface area contributed by atoms with Crippen LogP contribution in [0, 0.1) is 5.41 Å². The Balaban J connectivity index is 3.80. The zero-order valence-corrected chi connectivity index (χ0v) is 7.97. The van der Waals surface area contributed by atoms with Crippen molar-refractivity contribution in [2.75, 3.05) is 13.0 Å². The minimum atomic E-state index is -3.71. The van der Waals surface area contributed by atoms with Crippen LogP contribution in [0.2, 0.25) is 0 Å². The van der Waals surface area contributed by atoms with Crippen molar-refractivity contribution in [3.63, 3.8) is 0 Å². The Bertz CT molecular complexity index is 160. The fourth-order valence-corrected chi connectivity index (χ4v) is 1.01. The molecule has 2 N–H and O–H groups in total. The van der Waals surface area contributed by atoms with Crippen molar-refractivity contribution < 1.29 is 19.1 Å². The van der Waals surface area contributed by atoms with E-state index < -0.39 is 13.9 Å². The first-order valence-electron chi connectivity index (χ1n) is 3.34. The summed E-state index contributed by atoms with van der Waals surface area (Å²) in [7, 11) is -3.71. The Kier molecular flexibility index (Phi) is 3.71. The number of rotatable bonds is 3. The highest BCUT2D eigenvalue weighted by Gasteiger charge is 2.21. The monoisotopic (exact) mass is 182 g/mol. The van der Waals surface area contributed by atoms with Crippen LogP contribution in [0.5, 0.6) is 0 Å². The van der Waals surface area contributed by atoms with Gasteiger partial charge >= 0.3 is 7.60 Å². The van der Waals surface area contributed by atoms with Gasteiger partial charge in [0.15, 0.2) is 0 Å². The van der Waals surface area contributed by atoms with E-state index in [2.05, 4.69) is 4.52 Å². The first kappa shape index (κ1) is 11.1. The molecule has 68 valence electrons. The third kappa shape index (κ3) is 6.51. The average Bonchev–Trinajstić information content (AvgIpc) is 1.83. The number of aliphatic hydroxyl groups excluding tert-OH is 1. The molecule has 0 aromatic heterocycles. The highest BCUT2D eigenvalue weighted by molar-refractivity contribution is 7.52. The average molecular weight is 182 g/mol. The Hall–Kier alpha value is 0.110. The van der Waals surface area contributed by atoms with E-state index in [0.29, 0.717) is 0 Å². The van der Waals surface area contributed by atoms with Gasteiger partial charge in [0, 0.05) is 0 Å². The Labute approximate surface area is 66.7 Å². The molecule has 0 amide bonds. The molecular formula is C6H15O4P. The first-order chi connectivity index (χ1) is 4.77. The summed E-state index contributed by atoms with van der Waals surface area (Å²) in [4.78, 5) is 8.77. The standard InChI is InChI=1S/C6H15O4P/c1-6(2,3)4-10-11(8,9)5-7/h7H,4-5H2,1-3H3,(H,8,9). The molecule has 0 heterocycles. The van der Waals surface area contributed by atoms with Gasteiger partial charge in [0.05, 0.1) is 6.61 Å². The zero-order chi connectivity index (χ0) is 9.12. The van der Waals surface area contributed by atoms with Crippen molar-refractivity contribution in [1.82, 2.24) is 0 Å². The molecule has 0 saturated heterocycles. The van der Waals surface area contributed by atoms with Crippen molar-refractivity contribution >= 4 is 7.60 Å². The summed E-state index contributed by atoms with van der Waals surface area (Å²) in [6.45, 7) is 5.81. The maximum absolute atomic E-state index is 10.7. The molecule has 1 unspecified atom stereocenters. The molecule has 0 aliphatic carbocycles. The first-order valence-corrected chi connectivity index (χ1v) is 5.10. The van der Waals surface area contributed by atoms with Crippen molar-refractivity contribution in [1.29, 1.82) is 0 Å². The number of hydrogen-bond acceptors (Lipinski definition) is 3. The van der Waals surface area contributed by atoms with E-state index in [4.69, 9.17) is 10.00 Å². The summed E-state index contributed by atoms with van der Waals surface area (Å²) >= 11 is 0. The third-order valence-corrected chi connectivity index (χ3v) is 1.77. The second kappa shape index (κ2) is 3.68. The maximum Gasteiger partial charge on any atom is 0.353 e. The summed E-state index contributed by atoms with van der Waals surface area (Å²) in [5, 5.41) is 8.35. The molecule has 4 nitrogen and oxygen atoms in total. The highest BCUT2D eigenvalue weighted by Crippen LogP contribution is 2.41. The van der Waals surface area contributed by atoms with Crippen molar-refractivity contribution in [2.45, 2.75) is 20.8 Å². The zero-order valence-electron chi connectivity index (χ0n) is 7.07. The molecule has 1 atom stereocenters. The van der Waals surface area contributed by atoms with Gasteiger partial charge in [0.1, 0.15) is 6.35 Å². The van der Waals surface area contributed by atoms with Crippen LogP contribution < -0.4 is 0 Å². The molecule has 0 aliphatic rings. The Morgan fingerprint density at radius 1 is 1.45 bits per heavy atom. The van der Waals surface area contributed by atoms with E-state index in [1.165, 1.54) is 0 Å². The van der Waals surface area contributed by atoms with Crippen LogP contribution in [0.3, 0.4) is 0 Å². The molecule has 0 radical (unpaired) electrons. The van der Waals surface area contributed by atoms with Crippen LogP contribution in [-0.4, -0.2) is 23.0 Å². The maximum atomic E-state index is 10.7. The van der Waals surface area contributed by atoms with E-state index in [0.717, 1.165) is 0 Å². The van der Waals surface area contributed by atoms with E-state index in [9.17, 15) is 4.57 Å². The molecule has 0 aromatic carbocycles. The Morgan fingerprint density at radius 3 is 2.18 bits per heavy atom. The number of aliphatic hydroxyl groups is 1. The minimum Gasteiger partial charge on any atom is -0.384 e. The fourth-order valence-electron chi connectivity index (χ4n) is 0.335. The van der Waals surface area contributed by atoms with Crippen LogP contribution in [-0.2, 0) is 9.09 Å². The van der Waals surface area contributed by atoms with Gasteiger partial charge in [-0.15, -0.1) is 0 Å². The predicted molar refractivity (Wildman–Crippen MR) is 42.3 cm³/mol. The molecule has 5 heteroatoms. The van der Waals surface area contributed by atoms with Crippen LogP contribution in [0.25, 0.3) is 0 Å². The van der Waals surface area contributed by atoms with E-state index in [1.807, 2.05) is 20.8 Å². The van der Waals surface area contributed by atoms with Crippen LogP contribution in [0.1, 0.15) is 20.8 Å². The van der Waals surface area contributed by atoms with E-state index in [-0.39, 0.29) is 12.0 Å². The van der Waals surface area contributed by atoms with Crippen molar-refractivity contribution in [3.8, 4) is 0 Å². The molecule has 0 aliphatic heterocycles. The largest absolute Gasteiger partial charge is 0.384 e.